The largest absolute Gasteiger partial charge is 0.456 e. The first-order valence-corrected chi connectivity index (χ1v) is 14.5. The molecule has 202 valence electrons. The Kier molecular flexibility index (Phi) is 5.20. The summed E-state index contributed by atoms with van der Waals surface area (Å²) in [6.07, 6.45) is 0. The lowest BCUT2D eigenvalue weighted by atomic mass is 9.97. The van der Waals surface area contributed by atoms with Gasteiger partial charge >= 0.3 is 0 Å². The third-order valence-electron chi connectivity index (χ3n) is 8.44. The lowest BCUT2D eigenvalue weighted by molar-refractivity contribution is 0.669. The van der Waals surface area contributed by atoms with Gasteiger partial charge in [0.15, 0.2) is 0 Å². The van der Waals surface area contributed by atoms with Crippen LogP contribution < -0.4 is 4.90 Å². The van der Waals surface area contributed by atoms with Gasteiger partial charge in [-0.25, -0.2) is 0 Å². The molecule has 0 bridgehead atoms. The van der Waals surface area contributed by atoms with Crippen LogP contribution in [0.4, 0.5) is 17.1 Å². The van der Waals surface area contributed by atoms with Crippen LogP contribution in [0, 0.1) is 0 Å². The van der Waals surface area contributed by atoms with Gasteiger partial charge in [0.05, 0.1) is 0 Å². The van der Waals surface area contributed by atoms with E-state index in [2.05, 4.69) is 144 Å². The first-order chi connectivity index (χ1) is 21.3. The predicted molar refractivity (Wildman–Crippen MR) is 179 cm³/mol. The van der Waals surface area contributed by atoms with Crippen molar-refractivity contribution in [2.24, 2.45) is 0 Å². The number of furan rings is 2. The molecule has 3 nitrogen and oxygen atoms in total. The van der Waals surface area contributed by atoms with Crippen LogP contribution in [0.3, 0.4) is 0 Å². The third-order valence-corrected chi connectivity index (χ3v) is 8.44. The molecule has 0 radical (unpaired) electrons. The number of benzene rings is 7. The van der Waals surface area contributed by atoms with Gasteiger partial charge < -0.3 is 13.7 Å². The molecule has 0 saturated heterocycles. The Labute approximate surface area is 247 Å². The van der Waals surface area contributed by atoms with Crippen molar-refractivity contribution in [1.29, 1.82) is 0 Å². The van der Waals surface area contributed by atoms with Gasteiger partial charge in [-0.05, 0) is 71.1 Å². The molecule has 0 aliphatic heterocycles. The summed E-state index contributed by atoms with van der Waals surface area (Å²) in [5.41, 5.74) is 9.05. The van der Waals surface area contributed by atoms with E-state index in [4.69, 9.17) is 8.83 Å². The van der Waals surface area contributed by atoms with E-state index < -0.39 is 0 Å². The Balaban J connectivity index is 1.24. The number of nitrogens with zero attached hydrogens (tertiary/aromatic N) is 1. The SMILES string of the molecule is c1ccc(N(c2cccc(-c3cccc4oc5c6ccccc6ccc5c34)c2)c2ccc3c(c2)oc2ccccc23)cc1. The highest BCUT2D eigenvalue weighted by molar-refractivity contribution is 6.19. The second kappa shape index (κ2) is 9.37. The van der Waals surface area contributed by atoms with Gasteiger partial charge in [0.1, 0.15) is 22.3 Å². The van der Waals surface area contributed by atoms with Gasteiger partial charge in [-0.2, -0.15) is 0 Å². The summed E-state index contributed by atoms with van der Waals surface area (Å²) < 4.78 is 12.8. The van der Waals surface area contributed by atoms with E-state index in [-0.39, 0.29) is 0 Å². The van der Waals surface area contributed by atoms with E-state index in [0.717, 1.165) is 77.5 Å². The molecule has 43 heavy (non-hydrogen) atoms. The fourth-order valence-electron chi connectivity index (χ4n) is 6.48. The minimum Gasteiger partial charge on any atom is -0.456 e. The van der Waals surface area contributed by atoms with Crippen LogP contribution in [-0.4, -0.2) is 0 Å². The maximum atomic E-state index is 6.49. The number of anilines is 3. The number of hydrogen-bond donors (Lipinski definition) is 0. The molecule has 9 rings (SSSR count). The molecular weight excluding hydrogens is 526 g/mol. The molecule has 7 aromatic carbocycles. The van der Waals surface area contributed by atoms with Crippen molar-refractivity contribution >= 4 is 71.7 Å². The Bertz CT molecular complexity index is 2470. The van der Waals surface area contributed by atoms with Gasteiger partial charge in [0.2, 0.25) is 0 Å². The van der Waals surface area contributed by atoms with Crippen molar-refractivity contribution in [3.05, 3.63) is 152 Å². The topological polar surface area (TPSA) is 29.5 Å². The van der Waals surface area contributed by atoms with Gasteiger partial charge in [-0.1, -0.05) is 91.0 Å². The molecule has 2 aromatic heterocycles. The van der Waals surface area contributed by atoms with Crippen LogP contribution in [0.1, 0.15) is 0 Å². The third kappa shape index (κ3) is 3.75. The van der Waals surface area contributed by atoms with Gasteiger partial charge in [0, 0.05) is 50.1 Å². The van der Waals surface area contributed by atoms with Crippen molar-refractivity contribution in [3.63, 3.8) is 0 Å². The van der Waals surface area contributed by atoms with Gasteiger partial charge in [-0.3, -0.25) is 0 Å². The van der Waals surface area contributed by atoms with E-state index in [1.165, 1.54) is 5.39 Å². The van der Waals surface area contributed by atoms with Gasteiger partial charge in [-0.15, -0.1) is 0 Å². The number of para-hydroxylation sites is 2. The zero-order chi connectivity index (χ0) is 28.3. The van der Waals surface area contributed by atoms with Crippen molar-refractivity contribution in [2.45, 2.75) is 0 Å². The molecule has 0 fully saturated rings. The molecule has 0 amide bonds. The second-order valence-electron chi connectivity index (χ2n) is 10.9. The molecule has 0 aliphatic carbocycles. The minimum absolute atomic E-state index is 0.873. The lowest BCUT2D eigenvalue weighted by Gasteiger charge is -2.26. The van der Waals surface area contributed by atoms with E-state index in [1.54, 1.807) is 0 Å². The molecule has 2 heterocycles. The molecule has 0 aliphatic rings. The summed E-state index contributed by atoms with van der Waals surface area (Å²) >= 11 is 0. The average Bonchev–Trinajstić information content (AvgIpc) is 3.64. The van der Waals surface area contributed by atoms with E-state index in [9.17, 15) is 0 Å². The summed E-state index contributed by atoms with van der Waals surface area (Å²) in [4.78, 5) is 2.29. The van der Waals surface area contributed by atoms with Crippen LogP contribution in [-0.2, 0) is 0 Å². The van der Waals surface area contributed by atoms with Crippen molar-refractivity contribution in [3.8, 4) is 11.1 Å². The first-order valence-electron chi connectivity index (χ1n) is 14.5. The summed E-state index contributed by atoms with van der Waals surface area (Å²) in [5.74, 6) is 0. The highest BCUT2D eigenvalue weighted by Gasteiger charge is 2.18. The van der Waals surface area contributed by atoms with Crippen LogP contribution in [0.2, 0.25) is 0 Å². The smallest absolute Gasteiger partial charge is 0.143 e. The zero-order valence-electron chi connectivity index (χ0n) is 23.2. The molecule has 0 spiro atoms. The minimum atomic E-state index is 0.873. The predicted octanol–water partition coefficient (Wildman–Crippen LogP) is 11.8. The highest BCUT2D eigenvalue weighted by atomic mass is 16.3. The van der Waals surface area contributed by atoms with Crippen LogP contribution in [0.25, 0.3) is 65.8 Å². The number of rotatable bonds is 4. The normalized spacial score (nSPS) is 11.7. The standard InChI is InChI=1S/C40H25NO2/c1-2-12-28(13-3-1)41(30-21-23-34-33-16-6-7-18-36(33)42-38(34)25-30)29-14-8-11-27(24-29)31-17-9-19-37-39(31)35-22-20-26-10-4-5-15-32(26)40(35)43-37/h1-25H. The lowest BCUT2D eigenvalue weighted by Crippen LogP contribution is -2.09. The first kappa shape index (κ1) is 23.9. The Hall–Kier alpha value is -5.80. The van der Waals surface area contributed by atoms with Gasteiger partial charge in [0.25, 0.3) is 0 Å². The molecule has 0 atom stereocenters. The van der Waals surface area contributed by atoms with Crippen LogP contribution >= 0.6 is 0 Å². The zero-order valence-corrected chi connectivity index (χ0v) is 23.2. The summed E-state index contributed by atoms with van der Waals surface area (Å²) in [6, 6.07) is 53.1. The second-order valence-corrected chi connectivity index (χ2v) is 10.9. The summed E-state index contributed by atoms with van der Waals surface area (Å²) in [7, 11) is 0. The van der Waals surface area contributed by atoms with E-state index >= 15 is 0 Å². The van der Waals surface area contributed by atoms with Crippen molar-refractivity contribution < 1.29 is 8.83 Å². The van der Waals surface area contributed by atoms with Crippen molar-refractivity contribution in [1.82, 2.24) is 0 Å². The molecular formula is C40H25NO2. The number of hydrogen-bond acceptors (Lipinski definition) is 3. The average molecular weight is 552 g/mol. The maximum Gasteiger partial charge on any atom is 0.143 e. The molecule has 0 N–H and O–H groups in total. The fraction of sp³-hybridized carbons (Fsp3) is 0. The van der Waals surface area contributed by atoms with Crippen LogP contribution in [0.15, 0.2) is 160 Å². The van der Waals surface area contributed by atoms with Crippen molar-refractivity contribution in [2.75, 3.05) is 4.90 Å². The highest BCUT2D eigenvalue weighted by Crippen LogP contribution is 2.42. The Morgan fingerprint density at radius 1 is 0.395 bits per heavy atom. The molecule has 0 saturated carbocycles. The quantitative estimate of drug-likeness (QED) is 0.218. The summed E-state index contributed by atoms with van der Waals surface area (Å²) in [5, 5.41) is 6.82. The molecule has 9 aromatic rings. The van der Waals surface area contributed by atoms with E-state index in [0.29, 0.717) is 0 Å². The summed E-state index contributed by atoms with van der Waals surface area (Å²) in [6.45, 7) is 0. The Morgan fingerprint density at radius 3 is 2.02 bits per heavy atom. The van der Waals surface area contributed by atoms with Crippen LogP contribution in [0.5, 0.6) is 0 Å². The maximum absolute atomic E-state index is 6.49. The number of fused-ring (bicyclic) bond motifs is 8. The Morgan fingerprint density at radius 2 is 1.09 bits per heavy atom. The molecule has 0 unspecified atom stereocenters. The van der Waals surface area contributed by atoms with E-state index in [1.807, 2.05) is 12.1 Å². The molecule has 3 heteroatoms. The monoisotopic (exact) mass is 551 g/mol. The fourth-order valence-corrected chi connectivity index (χ4v) is 6.48.